The number of hydrogen-bond donors (Lipinski definition) is 1. The molecule has 19 heavy (non-hydrogen) atoms. The van der Waals surface area contributed by atoms with E-state index in [4.69, 9.17) is 15.2 Å². The van der Waals surface area contributed by atoms with Crippen LogP contribution in [-0.4, -0.2) is 6.61 Å². The second kappa shape index (κ2) is 6.48. The van der Waals surface area contributed by atoms with Gasteiger partial charge in [-0.25, -0.2) is 0 Å². The summed E-state index contributed by atoms with van der Waals surface area (Å²) in [7, 11) is 0. The van der Waals surface area contributed by atoms with Gasteiger partial charge in [0.25, 0.3) is 0 Å². The fraction of sp³-hybridized carbons (Fsp3) is 0.200. The number of nitrogens with two attached hydrogens (primary N) is 1. The van der Waals surface area contributed by atoms with Gasteiger partial charge in [0.2, 0.25) is 0 Å². The molecule has 4 heteroatoms. The van der Waals surface area contributed by atoms with Gasteiger partial charge in [-0.15, -0.1) is 0 Å². The molecule has 0 radical (unpaired) electrons. The first-order chi connectivity index (χ1) is 9.17. The Labute approximate surface area is 121 Å². The molecule has 0 aliphatic carbocycles. The lowest BCUT2D eigenvalue weighted by atomic mass is 10.3. The highest BCUT2D eigenvalue weighted by Crippen LogP contribution is 2.29. The van der Waals surface area contributed by atoms with Crippen LogP contribution < -0.4 is 15.2 Å². The van der Waals surface area contributed by atoms with Gasteiger partial charge >= 0.3 is 0 Å². The first-order valence-electron chi connectivity index (χ1n) is 6.14. The highest BCUT2D eigenvalue weighted by molar-refractivity contribution is 9.10. The maximum Gasteiger partial charge on any atom is 0.133 e. The zero-order valence-electron chi connectivity index (χ0n) is 10.7. The van der Waals surface area contributed by atoms with Crippen molar-refractivity contribution in [3.8, 4) is 17.2 Å². The lowest BCUT2D eigenvalue weighted by Crippen LogP contribution is -1.97. The van der Waals surface area contributed by atoms with Gasteiger partial charge in [0.05, 0.1) is 6.61 Å². The lowest BCUT2D eigenvalue weighted by Gasteiger charge is -2.10. The molecule has 2 rings (SSSR count). The van der Waals surface area contributed by atoms with Crippen LogP contribution in [0.25, 0.3) is 0 Å². The van der Waals surface area contributed by atoms with Crippen LogP contribution >= 0.6 is 15.9 Å². The van der Waals surface area contributed by atoms with Crippen molar-refractivity contribution in [2.24, 2.45) is 0 Å². The van der Waals surface area contributed by atoms with Crippen LogP contribution in [0.4, 0.5) is 5.69 Å². The Balaban J connectivity index is 2.17. The third-order valence-corrected chi connectivity index (χ3v) is 2.90. The van der Waals surface area contributed by atoms with E-state index in [9.17, 15) is 0 Å². The van der Waals surface area contributed by atoms with Crippen molar-refractivity contribution in [1.82, 2.24) is 0 Å². The second-order valence-corrected chi connectivity index (χ2v) is 5.06. The standard InChI is InChI=1S/C15H16BrNO2/c1-2-6-18-14-8-12(17)9-15(10-14)19-13-5-3-4-11(16)7-13/h3-5,7-10H,2,6,17H2,1H3. The summed E-state index contributed by atoms with van der Waals surface area (Å²) in [5.74, 6) is 2.15. The summed E-state index contributed by atoms with van der Waals surface area (Å²) in [5, 5.41) is 0. The molecule has 0 bridgehead atoms. The molecular weight excluding hydrogens is 306 g/mol. The van der Waals surface area contributed by atoms with E-state index < -0.39 is 0 Å². The fourth-order valence-corrected chi connectivity index (χ4v) is 2.00. The Morgan fingerprint density at radius 3 is 2.58 bits per heavy atom. The molecule has 0 atom stereocenters. The molecule has 2 aromatic rings. The maximum atomic E-state index is 5.85. The number of nitrogen functional groups attached to an aromatic ring is 1. The maximum absolute atomic E-state index is 5.85. The van der Waals surface area contributed by atoms with Gasteiger partial charge in [-0.1, -0.05) is 28.9 Å². The Kier molecular flexibility index (Phi) is 4.68. The SMILES string of the molecule is CCCOc1cc(N)cc(Oc2cccc(Br)c2)c1. The van der Waals surface area contributed by atoms with Crippen molar-refractivity contribution in [2.75, 3.05) is 12.3 Å². The van der Waals surface area contributed by atoms with Gasteiger partial charge in [0.15, 0.2) is 0 Å². The Hall–Kier alpha value is -1.68. The minimum absolute atomic E-state index is 0.624. The summed E-state index contributed by atoms with van der Waals surface area (Å²) in [6.45, 7) is 2.73. The zero-order chi connectivity index (χ0) is 13.7. The number of halogens is 1. The van der Waals surface area contributed by atoms with Crippen LogP contribution in [0.2, 0.25) is 0 Å². The van der Waals surface area contributed by atoms with E-state index >= 15 is 0 Å². The Morgan fingerprint density at radius 1 is 1.05 bits per heavy atom. The topological polar surface area (TPSA) is 44.5 Å². The van der Waals surface area contributed by atoms with Crippen molar-refractivity contribution in [1.29, 1.82) is 0 Å². The van der Waals surface area contributed by atoms with Crippen molar-refractivity contribution in [2.45, 2.75) is 13.3 Å². The van der Waals surface area contributed by atoms with Crippen molar-refractivity contribution in [3.05, 3.63) is 46.9 Å². The molecule has 0 heterocycles. The molecule has 0 fully saturated rings. The van der Waals surface area contributed by atoms with E-state index in [2.05, 4.69) is 22.9 Å². The van der Waals surface area contributed by atoms with E-state index in [1.165, 1.54) is 0 Å². The van der Waals surface area contributed by atoms with E-state index in [1.807, 2.05) is 30.3 Å². The average molecular weight is 322 g/mol. The molecule has 3 nitrogen and oxygen atoms in total. The quantitative estimate of drug-likeness (QED) is 0.818. The molecule has 100 valence electrons. The molecule has 0 saturated carbocycles. The predicted octanol–water partition coefficient (Wildman–Crippen LogP) is 4.61. The molecular formula is C15H16BrNO2. The van der Waals surface area contributed by atoms with E-state index in [-0.39, 0.29) is 0 Å². The Bertz CT molecular complexity index is 558. The molecule has 0 aliphatic rings. The molecule has 0 aromatic heterocycles. The smallest absolute Gasteiger partial charge is 0.133 e. The van der Waals surface area contributed by atoms with Gasteiger partial charge < -0.3 is 15.2 Å². The normalized spacial score (nSPS) is 10.2. The summed E-state index contributed by atoms with van der Waals surface area (Å²) >= 11 is 3.41. The third-order valence-electron chi connectivity index (χ3n) is 2.41. The van der Waals surface area contributed by atoms with Crippen LogP contribution in [0.15, 0.2) is 46.9 Å². The van der Waals surface area contributed by atoms with Gasteiger partial charge in [0, 0.05) is 28.4 Å². The molecule has 0 spiro atoms. The number of ether oxygens (including phenoxy) is 2. The summed E-state index contributed by atoms with van der Waals surface area (Å²) in [4.78, 5) is 0. The number of benzene rings is 2. The summed E-state index contributed by atoms with van der Waals surface area (Å²) in [6.07, 6.45) is 0.955. The number of hydrogen-bond acceptors (Lipinski definition) is 3. The first-order valence-corrected chi connectivity index (χ1v) is 6.93. The van der Waals surface area contributed by atoms with E-state index in [0.717, 1.165) is 22.4 Å². The van der Waals surface area contributed by atoms with Gasteiger partial charge in [-0.2, -0.15) is 0 Å². The summed E-state index contributed by atoms with van der Waals surface area (Å²) in [6, 6.07) is 13.1. The van der Waals surface area contributed by atoms with Crippen LogP contribution in [-0.2, 0) is 0 Å². The van der Waals surface area contributed by atoms with Crippen molar-refractivity contribution < 1.29 is 9.47 Å². The average Bonchev–Trinajstić information content (AvgIpc) is 2.35. The number of anilines is 1. The third kappa shape index (κ3) is 4.17. The van der Waals surface area contributed by atoms with Crippen molar-refractivity contribution in [3.63, 3.8) is 0 Å². The highest BCUT2D eigenvalue weighted by Gasteiger charge is 2.03. The predicted molar refractivity (Wildman–Crippen MR) is 80.9 cm³/mol. The minimum Gasteiger partial charge on any atom is -0.493 e. The molecule has 2 N–H and O–H groups in total. The zero-order valence-corrected chi connectivity index (χ0v) is 12.3. The summed E-state index contributed by atoms with van der Waals surface area (Å²) < 4.78 is 12.3. The van der Waals surface area contributed by atoms with Crippen LogP contribution in [0.5, 0.6) is 17.2 Å². The fourth-order valence-electron chi connectivity index (χ4n) is 1.62. The minimum atomic E-state index is 0.624. The molecule has 0 unspecified atom stereocenters. The number of rotatable bonds is 5. The monoisotopic (exact) mass is 321 g/mol. The Morgan fingerprint density at radius 2 is 1.84 bits per heavy atom. The van der Waals surface area contributed by atoms with Crippen LogP contribution in [0, 0.1) is 0 Å². The second-order valence-electron chi connectivity index (χ2n) is 4.15. The largest absolute Gasteiger partial charge is 0.493 e. The summed E-state index contributed by atoms with van der Waals surface area (Å²) in [5.41, 5.74) is 6.47. The molecule has 0 aliphatic heterocycles. The van der Waals surface area contributed by atoms with Gasteiger partial charge in [0.1, 0.15) is 17.2 Å². The van der Waals surface area contributed by atoms with Crippen LogP contribution in [0.3, 0.4) is 0 Å². The van der Waals surface area contributed by atoms with Crippen LogP contribution in [0.1, 0.15) is 13.3 Å². The van der Waals surface area contributed by atoms with E-state index in [1.54, 1.807) is 12.1 Å². The van der Waals surface area contributed by atoms with E-state index in [0.29, 0.717) is 18.0 Å². The molecule has 0 saturated heterocycles. The molecule has 0 amide bonds. The van der Waals surface area contributed by atoms with Gasteiger partial charge in [-0.05, 0) is 24.6 Å². The van der Waals surface area contributed by atoms with Crippen molar-refractivity contribution >= 4 is 21.6 Å². The highest BCUT2D eigenvalue weighted by atomic mass is 79.9. The van der Waals surface area contributed by atoms with Gasteiger partial charge in [-0.3, -0.25) is 0 Å². The lowest BCUT2D eigenvalue weighted by molar-refractivity contribution is 0.316. The first kappa shape index (κ1) is 13.7. The molecule has 2 aromatic carbocycles.